The fourth-order valence-corrected chi connectivity index (χ4v) is 1.17. The molecule has 0 aliphatic carbocycles. The van der Waals surface area contributed by atoms with Gasteiger partial charge >= 0.3 is 0 Å². The molecule has 9 heavy (non-hydrogen) atoms. The van der Waals surface area contributed by atoms with Crippen LogP contribution in [-0.2, 0) is 0 Å². The predicted molar refractivity (Wildman–Crippen MR) is 50.6 cm³/mol. The van der Waals surface area contributed by atoms with Crippen LogP contribution >= 0.6 is 24.4 Å². The van der Waals surface area contributed by atoms with Crippen molar-refractivity contribution in [3.05, 3.63) is 12.2 Å². The lowest BCUT2D eigenvalue weighted by Gasteiger charge is -1.98. The fourth-order valence-electron chi connectivity index (χ4n) is 0.391. The highest BCUT2D eigenvalue weighted by Gasteiger charge is 1.88. The molecule has 0 spiro atoms. The Morgan fingerprint density at radius 3 is 2.56 bits per heavy atom. The normalized spacial score (nSPS) is 11.6. The van der Waals surface area contributed by atoms with Gasteiger partial charge in [-0.05, 0) is 5.25 Å². The summed E-state index contributed by atoms with van der Waals surface area (Å²) in [5.74, 6) is 1.98. The van der Waals surface area contributed by atoms with Gasteiger partial charge in [0, 0.05) is 11.5 Å². The van der Waals surface area contributed by atoms with E-state index in [2.05, 4.69) is 38.6 Å². The van der Waals surface area contributed by atoms with E-state index in [-0.39, 0.29) is 0 Å². The third-order valence-corrected chi connectivity index (χ3v) is 2.06. The van der Waals surface area contributed by atoms with Crippen molar-refractivity contribution in [2.75, 3.05) is 11.5 Å². The molecule has 0 aromatic carbocycles. The maximum atomic E-state index is 4.05. The average molecular weight is 162 g/mol. The molecular weight excluding hydrogens is 148 g/mol. The van der Waals surface area contributed by atoms with Crippen molar-refractivity contribution in [1.82, 2.24) is 0 Å². The number of hydrogen-bond donors (Lipinski definition) is 1. The smallest absolute Gasteiger partial charge is 0.0116 e. The summed E-state index contributed by atoms with van der Waals surface area (Å²) in [5.41, 5.74) is 0. The monoisotopic (exact) mass is 162 g/mol. The van der Waals surface area contributed by atoms with Gasteiger partial charge < -0.3 is 0 Å². The van der Waals surface area contributed by atoms with Gasteiger partial charge in [-0.1, -0.05) is 26.0 Å². The Balaban J connectivity index is 2.99. The van der Waals surface area contributed by atoms with Gasteiger partial charge in [-0.25, -0.2) is 0 Å². The predicted octanol–water partition coefficient (Wildman–Crippen LogP) is 2.61. The summed E-state index contributed by atoms with van der Waals surface area (Å²) in [6, 6.07) is 0. The molecule has 0 heterocycles. The number of rotatable bonds is 4. The molecule has 0 saturated carbocycles. The van der Waals surface area contributed by atoms with Crippen LogP contribution in [0.5, 0.6) is 0 Å². The molecule has 0 saturated heterocycles. The van der Waals surface area contributed by atoms with E-state index in [1.54, 1.807) is 0 Å². The largest absolute Gasteiger partial charge is 0.175 e. The van der Waals surface area contributed by atoms with Gasteiger partial charge in [0.2, 0.25) is 0 Å². The first-order valence-corrected chi connectivity index (χ1v) is 4.83. The van der Waals surface area contributed by atoms with Crippen LogP contribution in [0.4, 0.5) is 0 Å². The molecule has 2 heteroatoms. The summed E-state index contributed by atoms with van der Waals surface area (Å²) >= 11 is 6.00. The summed E-state index contributed by atoms with van der Waals surface area (Å²) in [5, 5.41) is 0.745. The van der Waals surface area contributed by atoms with E-state index in [4.69, 9.17) is 0 Å². The number of hydrogen-bond acceptors (Lipinski definition) is 2. The molecule has 0 aliphatic rings. The first-order chi connectivity index (χ1) is 4.27. The third kappa shape index (κ3) is 8.44. The van der Waals surface area contributed by atoms with Crippen molar-refractivity contribution in [3.8, 4) is 0 Å². The van der Waals surface area contributed by atoms with Crippen LogP contribution in [0.25, 0.3) is 0 Å². The molecule has 0 atom stereocenters. The molecule has 0 nitrogen and oxygen atoms in total. The summed E-state index contributed by atoms with van der Waals surface area (Å²) in [6.07, 6.45) is 4.25. The van der Waals surface area contributed by atoms with Crippen molar-refractivity contribution in [1.29, 1.82) is 0 Å². The second-order valence-electron chi connectivity index (χ2n) is 2.04. The Hall–Kier alpha value is 0.440. The average Bonchev–Trinajstić information content (AvgIpc) is 1.80. The molecule has 0 rings (SSSR count). The van der Waals surface area contributed by atoms with Gasteiger partial charge in [0.1, 0.15) is 0 Å². The second-order valence-corrected chi connectivity index (χ2v) is 4.01. The Kier molecular flexibility index (Phi) is 6.88. The lowest BCUT2D eigenvalue weighted by molar-refractivity contribution is 1.11. The summed E-state index contributed by atoms with van der Waals surface area (Å²) in [4.78, 5) is 0. The van der Waals surface area contributed by atoms with Crippen LogP contribution in [0.1, 0.15) is 13.8 Å². The molecule has 0 aliphatic heterocycles. The van der Waals surface area contributed by atoms with Gasteiger partial charge in [0.25, 0.3) is 0 Å². The Morgan fingerprint density at radius 1 is 1.44 bits per heavy atom. The van der Waals surface area contributed by atoms with Crippen molar-refractivity contribution < 1.29 is 0 Å². The summed E-state index contributed by atoms with van der Waals surface area (Å²) < 4.78 is 0. The first-order valence-electron chi connectivity index (χ1n) is 3.15. The standard InChI is InChI=1S/C7H14S2/c1-7(2)9-6-4-3-5-8/h3-4,7-8H,5-6H2,1-2H3. The van der Waals surface area contributed by atoms with Gasteiger partial charge in [0.05, 0.1) is 0 Å². The Morgan fingerprint density at radius 2 is 2.11 bits per heavy atom. The van der Waals surface area contributed by atoms with Crippen LogP contribution in [0.15, 0.2) is 12.2 Å². The maximum Gasteiger partial charge on any atom is 0.0116 e. The zero-order valence-corrected chi connectivity index (χ0v) is 7.71. The SMILES string of the molecule is CC(C)SCC=CCS. The molecule has 0 aromatic heterocycles. The van der Waals surface area contributed by atoms with Crippen LogP contribution in [0.3, 0.4) is 0 Å². The van der Waals surface area contributed by atoms with E-state index in [0.29, 0.717) is 0 Å². The lowest BCUT2D eigenvalue weighted by Crippen LogP contribution is -1.86. The van der Waals surface area contributed by atoms with Crippen molar-refractivity contribution in [3.63, 3.8) is 0 Å². The van der Waals surface area contributed by atoms with Gasteiger partial charge in [-0.3, -0.25) is 0 Å². The molecule has 54 valence electrons. The quantitative estimate of drug-likeness (QED) is 0.490. The van der Waals surface area contributed by atoms with E-state index in [9.17, 15) is 0 Å². The van der Waals surface area contributed by atoms with Crippen LogP contribution in [-0.4, -0.2) is 16.8 Å². The molecule has 0 fully saturated rings. The number of thioether (sulfide) groups is 1. The third-order valence-electron chi connectivity index (χ3n) is 0.798. The highest BCUT2D eigenvalue weighted by atomic mass is 32.2. The van der Waals surface area contributed by atoms with Gasteiger partial charge in [-0.2, -0.15) is 24.4 Å². The molecule has 0 bridgehead atoms. The van der Waals surface area contributed by atoms with E-state index in [0.717, 1.165) is 16.8 Å². The van der Waals surface area contributed by atoms with Crippen molar-refractivity contribution in [2.45, 2.75) is 19.1 Å². The summed E-state index contributed by atoms with van der Waals surface area (Å²) in [7, 11) is 0. The van der Waals surface area contributed by atoms with E-state index >= 15 is 0 Å². The van der Waals surface area contributed by atoms with E-state index in [1.165, 1.54) is 0 Å². The molecule has 0 amide bonds. The van der Waals surface area contributed by atoms with E-state index < -0.39 is 0 Å². The van der Waals surface area contributed by atoms with Gasteiger partial charge in [-0.15, -0.1) is 0 Å². The fraction of sp³-hybridized carbons (Fsp3) is 0.714. The first kappa shape index (κ1) is 9.44. The zero-order valence-electron chi connectivity index (χ0n) is 6.00. The topological polar surface area (TPSA) is 0 Å². The molecule has 0 radical (unpaired) electrons. The highest BCUT2D eigenvalue weighted by molar-refractivity contribution is 8.00. The van der Waals surface area contributed by atoms with Gasteiger partial charge in [0.15, 0.2) is 0 Å². The Labute approximate surface area is 67.5 Å². The molecule has 0 aromatic rings. The zero-order chi connectivity index (χ0) is 7.11. The minimum atomic E-state index is 0.745. The lowest BCUT2D eigenvalue weighted by atomic mass is 10.6. The summed E-state index contributed by atoms with van der Waals surface area (Å²) in [6.45, 7) is 4.42. The number of thiol groups is 1. The van der Waals surface area contributed by atoms with Crippen LogP contribution in [0.2, 0.25) is 0 Å². The second kappa shape index (κ2) is 6.56. The molecular formula is C7H14S2. The highest BCUT2D eigenvalue weighted by Crippen LogP contribution is 2.08. The molecule has 0 N–H and O–H groups in total. The van der Waals surface area contributed by atoms with Crippen molar-refractivity contribution >= 4 is 24.4 Å². The van der Waals surface area contributed by atoms with E-state index in [1.807, 2.05) is 11.8 Å². The van der Waals surface area contributed by atoms with Crippen LogP contribution in [0, 0.1) is 0 Å². The Bertz CT molecular complexity index is 77.0. The molecule has 0 unspecified atom stereocenters. The maximum absolute atomic E-state index is 4.05. The van der Waals surface area contributed by atoms with Crippen LogP contribution < -0.4 is 0 Å². The minimum absolute atomic E-state index is 0.745. The van der Waals surface area contributed by atoms with Crippen molar-refractivity contribution in [2.24, 2.45) is 0 Å². The minimum Gasteiger partial charge on any atom is -0.175 e.